The highest BCUT2D eigenvalue weighted by atomic mass is 32.2. The van der Waals surface area contributed by atoms with Crippen LogP contribution < -0.4 is 9.47 Å². The summed E-state index contributed by atoms with van der Waals surface area (Å²) in [7, 11) is 1.56. The number of aliphatic carboxylic acids is 1. The van der Waals surface area contributed by atoms with Crippen LogP contribution in [0.4, 0.5) is 4.39 Å². The minimum Gasteiger partial charge on any atom is -0.492 e. The Labute approximate surface area is 237 Å². The summed E-state index contributed by atoms with van der Waals surface area (Å²) in [6, 6.07) is 18.9. The van der Waals surface area contributed by atoms with E-state index in [9.17, 15) is 14.0 Å². The third kappa shape index (κ3) is 6.31. The van der Waals surface area contributed by atoms with E-state index in [0.717, 1.165) is 48.8 Å². The average molecular weight is 563 g/mol. The SMILES string of the molecule is COc1c(OCc2cccc(CC(=O)O)c2)cccc1C1SC(c2ccc(F)cc2)=NN1C(=O)C1CCCCC1. The fraction of sp³-hybridized carbons (Fsp3) is 0.323. The van der Waals surface area contributed by atoms with E-state index in [2.05, 4.69) is 0 Å². The molecule has 1 atom stereocenters. The van der Waals surface area contributed by atoms with E-state index < -0.39 is 11.3 Å². The summed E-state index contributed by atoms with van der Waals surface area (Å²) in [5.74, 6) is -0.326. The number of halogens is 1. The summed E-state index contributed by atoms with van der Waals surface area (Å²) in [6.45, 7) is 0.215. The maximum atomic E-state index is 13.8. The van der Waals surface area contributed by atoms with Crippen LogP contribution in [0.15, 0.2) is 71.8 Å². The van der Waals surface area contributed by atoms with Gasteiger partial charge in [0.05, 0.1) is 13.5 Å². The lowest BCUT2D eigenvalue weighted by Crippen LogP contribution is -2.33. The lowest BCUT2D eigenvalue weighted by Gasteiger charge is -2.28. The number of carbonyl (C=O) groups excluding carboxylic acids is 1. The van der Waals surface area contributed by atoms with Gasteiger partial charge in [0.25, 0.3) is 0 Å². The van der Waals surface area contributed by atoms with Gasteiger partial charge in [-0.15, -0.1) is 0 Å². The molecule has 7 nitrogen and oxygen atoms in total. The van der Waals surface area contributed by atoms with Crippen LogP contribution >= 0.6 is 11.8 Å². The Kier molecular flexibility index (Phi) is 8.69. The fourth-order valence-corrected chi connectivity index (χ4v) is 6.35. The zero-order chi connectivity index (χ0) is 28.1. The van der Waals surface area contributed by atoms with Gasteiger partial charge in [-0.25, -0.2) is 9.40 Å². The van der Waals surface area contributed by atoms with Crippen molar-refractivity contribution >= 4 is 28.7 Å². The standard InChI is InChI=1S/C31H31FN2O5S/c1-38-28-25(11-6-12-26(28)39-19-21-8-5-7-20(17-21)18-27(35)36)31-34(30(37)23-9-3-2-4-10-23)33-29(40-31)22-13-15-24(32)16-14-22/h5-8,11-17,23,31H,2-4,9-10,18-19H2,1H3,(H,35,36). The molecule has 3 aromatic carbocycles. The topological polar surface area (TPSA) is 88.4 Å². The van der Waals surface area contributed by atoms with Crippen molar-refractivity contribution in [3.05, 3.63) is 94.8 Å². The molecular weight excluding hydrogens is 531 g/mol. The Balaban J connectivity index is 1.43. The van der Waals surface area contributed by atoms with Crippen LogP contribution in [0.25, 0.3) is 0 Å². The molecule has 1 fully saturated rings. The first-order chi connectivity index (χ1) is 19.4. The second-order valence-electron chi connectivity index (χ2n) is 9.96. The summed E-state index contributed by atoms with van der Waals surface area (Å²) < 4.78 is 25.6. The first kappa shape index (κ1) is 27.7. The van der Waals surface area contributed by atoms with Gasteiger partial charge < -0.3 is 14.6 Å². The van der Waals surface area contributed by atoms with Gasteiger partial charge in [0.2, 0.25) is 5.91 Å². The average Bonchev–Trinajstić information content (AvgIpc) is 3.41. The normalized spacial score (nSPS) is 17.4. The van der Waals surface area contributed by atoms with Gasteiger partial charge in [-0.05, 0) is 54.3 Å². The van der Waals surface area contributed by atoms with Crippen molar-refractivity contribution in [1.82, 2.24) is 5.01 Å². The maximum Gasteiger partial charge on any atom is 0.307 e. The molecule has 40 heavy (non-hydrogen) atoms. The molecule has 0 aromatic heterocycles. The summed E-state index contributed by atoms with van der Waals surface area (Å²) in [4.78, 5) is 24.9. The van der Waals surface area contributed by atoms with Crippen molar-refractivity contribution in [2.75, 3.05) is 7.11 Å². The molecule has 0 saturated heterocycles. The molecule has 1 unspecified atom stereocenters. The molecule has 3 aromatic rings. The van der Waals surface area contributed by atoms with Crippen LogP contribution in [0, 0.1) is 11.7 Å². The number of benzene rings is 3. The van der Waals surface area contributed by atoms with Crippen molar-refractivity contribution in [1.29, 1.82) is 0 Å². The molecule has 208 valence electrons. The first-order valence-electron chi connectivity index (χ1n) is 13.4. The van der Waals surface area contributed by atoms with Crippen molar-refractivity contribution in [3.8, 4) is 11.5 Å². The van der Waals surface area contributed by atoms with Crippen LogP contribution in [-0.2, 0) is 22.6 Å². The lowest BCUT2D eigenvalue weighted by atomic mass is 9.88. The Morgan fingerprint density at radius 3 is 2.48 bits per heavy atom. The molecule has 9 heteroatoms. The molecule has 1 saturated carbocycles. The highest BCUT2D eigenvalue weighted by molar-refractivity contribution is 8.14. The molecule has 2 aliphatic rings. The molecule has 1 aliphatic heterocycles. The van der Waals surface area contributed by atoms with E-state index in [-0.39, 0.29) is 30.7 Å². The van der Waals surface area contributed by atoms with Crippen LogP contribution in [-0.4, -0.2) is 34.1 Å². The zero-order valence-corrected chi connectivity index (χ0v) is 23.0. The molecule has 0 bridgehead atoms. The van der Waals surface area contributed by atoms with E-state index in [4.69, 9.17) is 19.7 Å². The largest absolute Gasteiger partial charge is 0.492 e. The van der Waals surface area contributed by atoms with Crippen LogP contribution in [0.5, 0.6) is 11.5 Å². The fourth-order valence-electron chi connectivity index (χ4n) is 5.17. The van der Waals surface area contributed by atoms with Crippen molar-refractivity contribution in [2.45, 2.75) is 50.5 Å². The van der Waals surface area contributed by atoms with Gasteiger partial charge >= 0.3 is 5.97 Å². The molecule has 5 rings (SSSR count). The third-order valence-electron chi connectivity index (χ3n) is 7.14. The van der Waals surface area contributed by atoms with E-state index in [1.165, 1.54) is 23.9 Å². The van der Waals surface area contributed by atoms with E-state index in [1.807, 2.05) is 30.3 Å². The number of hydrazone groups is 1. The predicted molar refractivity (Wildman–Crippen MR) is 152 cm³/mol. The number of carboxylic acid groups (broad SMARTS) is 1. The van der Waals surface area contributed by atoms with Crippen LogP contribution in [0.1, 0.15) is 59.7 Å². The molecule has 1 N–H and O–H groups in total. The van der Waals surface area contributed by atoms with Crippen molar-refractivity contribution in [2.24, 2.45) is 11.0 Å². The van der Waals surface area contributed by atoms with Gasteiger partial charge in [-0.3, -0.25) is 9.59 Å². The quantitative estimate of drug-likeness (QED) is 0.318. The Morgan fingerprint density at radius 1 is 1.02 bits per heavy atom. The molecule has 1 amide bonds. The van der Waals surface area contributed by atoms with Crippen LogP contribution in [0.3, 0.4) is 0 Å². The molecule has 0 radical (unpaired) electrons. The Morgan fingerprint density at radius 2 is 1.75 bits per heavy atom. The monoisotopic (exact) mass is 562 g/mol. The number of methoxy groups -OCH3 is 1. The van der Waals surface area contributed by atoms with Gasteiger partial charge in [0.1, 0.15) is 22.8 Å². The van der Waals surface area contributed by atoms with E-state index >= 15 is 0 Å². The first-order valence-corrected chi connectivity index (χ1v) is 14.2. The molecule has 0 spiro atoms. The minimum atomic E-state index is -0.893. The van der Waals surface area contributed by atoms with Crippen LogP contribution in [0.2, 0.25) is 0 Å². The molecule has 1 heterocycles. The summed E-state index contributed by atoms with van der Waals surface area (Å²) in [6.07, 6.45) is 4.81. The second-order valence-corrected chi connectivity index (χ2v) is 11.0. The van der Waals surface area contributed by atoms with E-state index in [1.54, 1.807) is 36.4 Å². The number of rotatable bonds is 9. The number of hydrogen-bond donors (Lipinski definition) is 1. The highest BCUT2D eigenvalue weighted by Gasteiger charge is 2.39. The number of amides is 1. The zero-order valence-electron chi connectivity index (χ0n) is 22.2. The smallest absolute Gasteiger partial charge is 0.307 e. The summed E-state index contributed by atoms with van der Waals surface area (Å²) in [5, 5.41) is 15.6. The number of para-hydroxylation sites is 1. The second kappa shape index (κ2) is 12.6. The van der Waals surface area contributed by atoms with Gasteiger partial charge in [-0.1, -0.05) is 67.4 Å². The van der Waals surface area contributed by atoms with E-state index in [0.29, 0.717) is 22.1 Å². The Hall–Kier alpha value is -3.85. The van der Waals surface area contributed by atoms with Crippen molar-refractivity contribution < 1.29 is 28.6 Å². The summed E-state index contributed by atoms with van der Waals surface area (Å²) >= 11 is 1.42. The number of nitrogens with zero attached hydrogens (tertiary/aromatic N) is 2. The third-order valence-corrected chi connectivity index (χ3v) is 8.35. The maximum absolute atomic E-state index is 13.8. The van der Waals surface area contributed by atoms with Gasteiger partial charge in [0, 0.05) is 17.0 Å². The van der Waals surface area contributed by atoms with Gasteiger partial charge in [0.15, 0.2) is 11.5 Å². The minimum absolute atomic E-state index is 0.0158. The number of hydrogen-bond acceptors (Lipinski definition) is 6. The number of ether oxygens (including phenoxy) is 2. The number of carbonyl (C=O) groups is 2. The molecule has 1 aliphatic carbocycles. The molecular formula is C31H31FN2O5S. The Bertz CT molecular complexity index is 1410. The highest BCUT2D eigenvalue weighted by Crippen LogP contribution is 2.48. The number of thioether (sulfide) groups is 1. The van der Waals surface area contributed by atoms with Crippen molar-refractivity contribution in [3.63, 3.8) is 0 Å². The number of carboxylic acids is 1. The predicted octanol–water partition coefficient (Wildman–Crippen LogP) is 6.56. The van der Waals surface area contributed by atoms with Gasteiger partial charge in [-0.2, -0.15) is 5.10 Å². The lowest BCUT2D eigenvalue weighted by molar-refractivity contribution is -0.137. The summed E-state index contributed by atoms with van der Waals surface area (Å²) in [5.41, 5.74) is 3.01.